The Morgan fingerprint density at radius 3 is 2.42 bits per heavy atom. The third-order valence-corrected chi connectivity index (χ3v) is 6.26. The Bertz CT molecular complexity index is 463. The summed E-state index contributed by atoms with van der Waals surface area (Å²) in [5, 5.41) is 11.2. The van der Waals surface area contributed by atoms with Crippen LogP contribution < -0.4 is 10.0 Å². The van der Waals surface area contributed by atoms with Crippen molar-refractivity contribution < 1.29 is 19.6 Å². The maximum absolute atomic E-state index is 12.8. The number of carboxylic acid groups (broad SMARTS) is 1. The van der Waals surface area contributed by atoms with Gasteiger partial charge in [0.2, 0.25) is 5.91 Å². The first-order valence-electron chi connectivity index (χ1n) is 10.3. The van der Waals surface area contributed by atoms with E-state index in [1.165, 1.54) is 17.7 Å². The topological polar surface area (TPSA) is 68.1 Å². The molecule has 6 nitrogen and oxygen atoms in total. The molecule has 1 unspecified atom stereocenters. The number of amides is 1. The number of carboxylic acids is 1. The zero-order valence-corrected chi connectivity index (χ0v) is 16.8. The van der Waals surface area contributed by atoms with Crippen LogP contribution in [-0.2, 0) is 9.59 Å². The number of likely N-dealkylation sites (tertiary alicyclic amines) is 1. The van der Waals surface area contributed by atoms with E-state index in [1.807, 2.05) is 4.90 Å². The number of piperidine rings is 1. The van der Waals surface area contributed by atoms with Gasteiger partial charge in [-0.1, -0.05) is 12.8 Å². The molecule has 26 heavy (non-hydrogen) atoms. The lowest BCUT2D eigenvalue weighted by atomic mass is 9.80. The molecule has 0 aromatic heterocycles. The summed E-state index contributed by atoms with van der Waals surface area (Å²) in [5.41, 5.74) is 0. The molecular weight excluding hydrogens is 330 g/mol. The highest BCUT2D eigenvalue weighted by Gasteiger charge is 2.35. The quantitative estimate of drug-likeness (QED) is 0.582. The van der Waals surface area contributed by atoms with Gasteiger partial charge in [-0.3, -0.25) is 4.79 Å². The molecule has 1 saturated carbocycles. The number of hydrogen-bond acceptors (Lipinski definition) is 4. The van der Waals surface area contributed by atoms with E-state index >= 15 is 0 Å². The molecule has 0 aromatic carbocycles. The van der Waals surface area contributed by atoms with Crippen LogP contribution >= 0.6 is 0 Å². The third kappa shape index (κ3) is 6.54. The zero-order valence-electron chi connectivity index (χ0n) is 16.8. The summed E-state index contributed by atoms with van der Waals surface area (Å²) in [7, 11) is 6.36. The number of nitrogens with one attached hydrogen (secondary N) is 1. The molecule has 0 aromatic rings. The highest BCUT2D eigenvalue weighted by atomic mass is 16.4. The van der Waals surface area contributed by atoms with Crippen LogP contribution in [0.4, 0.5) is 0 Å². The summed E-state index contributed by atoms with van der Waals surface area (Å²) in [6.07, 6.45) is 6.30. The average molecular weight is 368 g/mol. The Kier molecular flexibility index (Phi) is 8.35. The molecule has 150 valence electrons. The molecule has 2 fully saturated rings. The molecule has 1 aliphatic heterocycles. The van der Waals surface area contributed by atoms with Gasteiger partial charge in [-0.25, -0.2) is 0 Å². The minimum atomic E-state index is -0.955. The Hall–Kier alpha value is -1.14. The van der Waals surface area contributed by atoms with Crippen molar-refractivity contribution in [1.82, 2.24) is 9.80 Å². The van der Waals surface area contributed by atoms with Gasteiger partial charge >= 0.3 is 0 Å². The summed E-state index contributed by atoms with van der Waals surface area (Å²) < 4.78 is 0. The van der Waals surface area contributed by atoms with Gasteiger partial charge in [-0.15, -0.1) is 0 Å². The second-order valence-corrected chi connectivity index (χ2v) is 8.70. The molecule has 6 heteroatoms. The molecule has 1 N–H and O–H groups in total. The van der Waals surface area contributed by atoms with Crippen LogP contribution in [0.2, 0.25) is 0 Å². The summed E-state index contributed by atoms with van der Waals surface area (Å²) in [5.74, 6) is -0.00564. The molecule has 0 spiro atoms. The Morgan fingerprint density at radius 1 is 1.12 bits per heavy atom. The highest BCUT2D eigenvalue weighted by molar-refractivity contribution is 5.79. The molecule has 1 aliphatic carbocycles. The molecule has 0 bridgehead atoms. The average Bonchev–Trinajstić information content (AvgIpc) is 3.12. The van der Waals surface area contributed by atoms with Gasteiger partial charge in [0.15, 0.2) is 0 Å². The highest BCUT2D eigenvalue weighted by Crippen LogP contribution is 2.32. The lowest BCUT2D eigenvalue weighted by Crippen LogP contribution is -3.09. The lowest BCUT2D eigenvalue weighted by Gasteiger charge is -2.40. The molecule has 1 amide bonds. The number of hydrogen-bond donors (Lipinski definition) is 1. The van der Waals surface area contributed by atoms with Gasteiger partial charge < -0.3 is 24.6 Å². The minimum absolute atomic E-state index is 0.132. The van der Waals surface area contributed by atoms with E-state index in [2.05, 4.69) is 26.0 Å². The van der Waals surface area contributed by atoms with Crippen molar-refractivity contribution in [3.05, 3.63) is 0 Å². The van der Waals surface area contributed by atoms with Gasteiger partial charge in [-0.2, -0.15) is 0 Å². The minimum Gasteiger partial charge on any atom is -0.550 e. The standard InChI is InChI=1S/C20H37N3O3/c1-21(2)12-13-22(3)10-8-18-15-23(11-9-17(18)14-19(24)25)20(26)16-6-4-5-7-16/h16-18H,4-15H2,1-3H3,(H,24,25)/t17-,18-/m0/s1. The number of carbonyl (C=O) groups excluding carboxylic acids is 2. The molecule has 1 saturated heterocycles. The van der Waals surface area contributed by atoms with Gasteiger partial charge in [0.1, 0.15) is 0 Å². The predicted octanol–water partition coefficient (Wildman–Crippen LogP) is -0.752. The van der Waals surface area contributed by atoms with Crippen molar-refractivity contribution in [3.63, 3.8) is 0 Å². The largest absolute Gasteiger partial charge is 0.550 e. The molecule has 1 heterocycles. The van der Waals surface area contributed by atoms with E-state index in [0.717, 1.165) is 51.9 Å². The molecule has 2 rings (SSSR count). The van der Waals surface area contributed by atoms with Crippen LogP contribution in [0, 0.1) is 17.8 Å². The first-order chi connectivity index (χ1) is 12.4. The van der Waals surface area contributed by atoms with Crippen LogP contribution in [0.25, 0.3) is 0 Å². The maximum Gasteiger partial charge on any atom is 0.225 e. The number of rotatable bonds is 9. The summed E-state index contributed by atoms with van der Waals surface area (Å²) in [6.45, 7) is 4.59. The maximum atomic E-state index is 12.8. The molecule has 3 atom stereocenters. The van der Waals surface area contributed by atoms with Crippen LogP contribution in [0.1, 0.15) is 44.9 Å². The summed E-state index contributed by atoms with van der Waals surface area (Å²) >= 11 is 0. The lowest BCUT2D eigenvalue weighted by molar-refractivity contribution is -0.879. The Morgan fingerprint density at radius 2 is 1.81 bits per heavy atom. The van der Waals surface area contributed by atoms with E-state index in [1.54, 1.807) is 0 Å². The Labute approximate surface area is 158 Å². The molecular formula is C20H37N3O3. The smallest absolute Gasteiger partial charge is 0.225 e. The monoisotopic (exact) mass is 367 g/mol. The normalized spacial score (nSPS) is 25.6. The number of aliphatic carboxylic acids is 1. The van der Waals surface area contributed by atoms with Crippen molar-refractivity contribution in [2.75, 3.05) is 53.9 Å². The van der Waals surface area contributed by atoms with Gasteiger partial charge in [0.05, 0.1) is 20.1 Å². The summed E-state index contributed by atoms with van der Waals surface area (Å²) in [6, 6.07) is 0. The van der Waals surface area contributed by atoms with E-state index in [-0.39, 0.29) is 24.2 Å². The van der Waals surface area contributed by atoms with Crippen molar-refractivity contribution in [2.45, 2.75) is 44.9 Å². The van der Waals surface area contributed by atoms with Crippen molar-refractivity contribution >= 4 is 11.9 Å². The van der Waals surface area contributed by atoms with Crippen LogP contribution in [-0.4, -0.2) is 75.5 Å². The Balaban J connectivity index is 1.90. The zero-order chi connectivity index (χ0) is 19.1. The number of nitrogens with zero attached hydrogens (tertiary/aromatic N) is 2. The predicted molar refractivity (Wildman–Crippen MR) is 99.6 cm³/mol. The van der Waals surface area contributed by atoms with Crippen LogP contribution in [0.3, 0.4) is 0 Å². The van der Waals surface area contributed by atoms with Gasteiger partial charge in [0, 0.05) is 37.9 Å². The van der Waals surface area contributed by atoms with Crippen molar-refractivity contribution in [2.24, 2.45) is 17.8 Å². The van der Waals surface area contributed by atoms with Gasteiger partial charge in [-0.05, 0) is 51.6 Å². The van der Waals surface area contributed by atoms with Crippen molar-refractivity contribution in [1.29, 1.82) is 0 Å². The van der Waals surface area contributed by atoms with Crippen LogP contribution in [0.15, 0.2) is 0 Å². The molecule has 0 radical (unpaired) electrons. The second-order valence-electron chi connectivity index (χ2n) is 8.70. The first kappa shape index (κ1) is 21.2. The fraction of sp³-hybridized carbons (Fsp3) is 0.900. The fourth-order valence-electron chi connectivity index (χ4n) is 4.49. The number of carbonyl (C=O) groups is 2. The van der Waals surface area contributed by atoms with E-state index < -0.39 is 5.97 Å². The SMILES string of the molecule is CN(C)CC[NH+](C)CC[C@H]1CN(C(=O)C2CCCC2)CC[C@H]1CC(=O)[O-]. The second kappa shape index (κ2) is 10.3. The van der Waals surface area contributed by atoms with Crippen LogP contribution in [0.5, 0.6) is 0 Å². The molecule has 2 aliphatic rings. The van der Waals surface area contributed by atoms with E-state index in [9.17, 15) is 14.7 Å². The number of quaternary nitrogens is 1. The van der Waals surface area contributed by atoms with E-state index in [0.29, 0.717) is 12.5 Å². The first-order valence-corrected chi connectivity index (χ1v) is 10.3. The fourth-order valence-corrected chi connectivity index (χ4v) is 4.49. The van der Waals surface area contributed by atoms with E-state index in [4.69, 9.17) is 0 Å². The third-order valence-electron chi connectivity index (χ3n) is 6.26. The summed E-state index contributed by atoms with van der Waals surface area (Å²) in [4.78, 5) is 29.6. The van der Waals surface area contributed by atoms with Crippen molar-refractivity contribution in [3.8, 4) is 0 Å². The van der Waals surface area contributed by atoms with Gasteiger partial charge in [0.25, 0.3) is 0 Å². The number of likely N-dealkylation sites (N-methyl/N-ethyl adjacent to an activating group) is 2.